The number of carboxylic acid groups (broad SMARTS) is 1. The van der Waals surface area contributed by atoms with Crippen LogP contribution in [-0.4, -0.2) is 33.8 Å². The Balaban J connectivity index is 1.32. The molecule has 1 aliphatic heterocycles. The molecule has 6 heteroatoms. The van der Waals surface area contributed by atoms with Crippen LogP contribution in [0.2, 0.25) is 0 Å². The van der Waals surface area contributed by atoms with Gasteiger partial charge in [-0.1, -0.05) is 56.4 Å². The highest BCUT2D eigenvalue weighted by molar-refractivity contribution is 5.87. The lowest BCUT2D eigenvalue weighted by Crippen LogP contribution is -2.51. The summed E-state index contributed by atoms with van der Waals surface area (Å²) in [6.45, 7) is 0.459. The van der Waals surface area contributed by atoms with E-state index in [-0.39, 0.29) is 11.8 Å². The molecule has 1 fully saturated rings. The Morgan fingerprint density at radius 1 is 1.00 bits per heavy atom. The van der Waals surface area contributed by atoms with Crippen LogP contribution in [0.3, 0.4) is 0 Å². The van der Waals surface area contributed by atoms with Gasteiger partial charge < -0.3 is 15.7 Å². The van der Waals surface area contributed by atoms with Gasteiger partial charge in [-0.15, -0.1) is 0 Å². The van der Waals surface area contributed by atoms with Crippen molar-refractivity contribution in [1.82, 2.24) is 4.90 Å². The standard InChI is InChI=1S/C23H32N2O4/c24-22(27)20-14-16-9-7-8-11-18(16)15-25(20)21(26)12-6-4-2-1-3-5-10-17-13-19(17)23(28)29/h7-9,11,17,19-20H,1-6,10,12-15H2,(H2,24,27)(H,28,29)/t17-,19+,20?/m1/s1. The average molecular weight is 401 g/mol. The summed E-state index contributed by atoms with van der Waals surface area (Å²) in [6.07, 6.45) is 9.09. The zero-order chi connectivity index (χ0) is 20.8. The molecule has 1 aromatic carbocycles. The molecule has 1 heterocycles. The van der Waals surface area contributed by atoms with Crippen molar-refractivity contribution in [2.45, 2.75) is 76.8 Å². The molecule has 3 N–H and O–H groups in total. The molecule has 0 radical (unpaired) electrons. The molecule has 2 aliphatic rings. The molecular formula is C23H32N2O4. The highest BCUT2D eigenvalue weighted by atomic mass is 16.4. The summed E-state index contributed by atoms with van der Waals surface area (Å²) in [7, 11) is 0. The molecular weight excluding hydrogens is 368 g/mol. The van der Waals surface area contributed by atoms with E-state index in [0.717, 1.165) is 62.5 Å². The zero-order valence-corrected chi connectivity index (χ0v) is 17.0. The number of amides is 2. The van der Waals surface area contributed by atoms with E-state index in [9.17, 15) is 14.4 Å². The SMILES string of the molecule is NC(=O)C1Cc2ccccc2CN1C(=O)CCCCCCCC[C@@H]1C[C@@H]1C(=O)O. The first kappa shape index (κ1) is 21.3. The van der Waals surface area contributed by atoms with Crippen molar-refractivity contribution < 1.29 is 19.5 Å². The molecule has 1 unspecified atom stereocenters. The Morgan fingerprint density at radius 3 is 2.31 bits per heavy atom. The fraction of sp³-hybridized carbons (Fsp3) is 0.609. The number of carbonyl (C=O) groups excluding carboxylic acids is 2. The Labute approximate surface area is 172 Å². The lowest BCUT2D eigenvalue weighted by atomic mass is 9.93. The molecule has 1 aromatic rings. The fourth-order valence-corrected chi connectivity index (χ4v) is 4.44. The number of carboxylic acids is 1. The van der Waals surface area contributed by atoms with Crippen LogP contribution in [0, 0.1) is 11.8 Å². The van der Waals surface area contributed by atoms with E-state index >= 15 is 0 Å². The van der Waals surface area contributed by atoms with Gasteiger partial charge in [0.15, 0.2) is 0 Å². The van der Waals surface area contributed by atoms with Gasteiger partial charge in [0, 0.05) is 19.4 Å². The third-order valence-corrected chi connectivity index (χ3v) is 6.35. The molecule has 1 saturated carbocycles. The molecule has 6 nitrogen and oxygen atoms in total. The summed E-state index contributed by atoms with van der Waals surface area (Å²) in [4.78, 5) is 37.0. The van der Waals surface area contributed by atoms with E-state index < -0.39 is 17.9 Å². The predicted molar refractivity (Wildman–Crippen MR) is 110 cm³/mol. The van der Waals surface area contributed by atoms with Crippen molar-refractivity contribution in [3.05, 3.63) is 35.4 Å². The van der Waals surface area contributed by atoms with E-state index in [2.05, 4.69) is 0 Å². The molecule has 2 amide bonds. The fourth-order valence-electron chi connectivity index (χ4n) is 4.44. The molecule has 158 valence electrons. The normalized spacial score (nSPS) is 22.8. The zero-order valence-electron chi connectivity index (χ0n) is 17.0. The minimum absolute atomic E-state index is 0.0109. The van der Waals surface area contributed by atoms with Crippen molar-refractivity contribution >= 4 is 17.8 Å². The van der Waals surface area contributed by atoms with Crippen molar-refractivity contribution in [2.75, 3.05) is 0 Å². The number of hydrogen-bond donors (Lipinski definition) is 2. The second-order valence-corrected chi connectivity index (χ2v) is 8.51. The Kier molecular flexibility index (Phi) is 7.29. The van der Waals surface area contributed by atoms with Gasteiger partial charge >= 0.3 is 5.97 Å². The van der Waals surface area contributed by atoms with Crippen LogP contribution in [0.25, 0.3) is 0 Å². The van der Waals surface area contributed by atoms with Crippen molar-refractivity contribution in [1.29, 1.82) is 0 Å². The Morgan fingerprint density at radius 2 is 1.66 bits per heavy atom. The summed E-state index contributed by atoms with van der Waals surface area (Å²) in [5, 5.41) is 8.90. The van der Waals surface area contributed by atoms with Gasteiger partial charge in [0.05, 0.1) is 5.92 Å². The maximum Gasteiger partial charge on any atom is 0.306 e. The summed E-state index contributed by atoms with van der Waals surface area (Å²) < 4.78 is 0. The van der Waals surface area contributed by atoms with Gasteiger partial charge in [0.25, 0.3) is 0 Å². The third kappa shape index (κ3) is 5.81. The highest BCUT2D eigenvalue weighted by Crippen LogP contribution is 2.42. The molecule has 1 aliphatic carbocycles. The van der Waals surface area contributed by atoms with Crippen LogP contribution in [-0.2, 0) is 27.3 Å². The smallest absolute Gasteiger partial charge is 0.306 e. The molecule has 0 spiro atoms. The quantitative estimate of drug-likeness (QED) is 0.557. The number of nitrogens with zero attached hydrogens (tertiary/aromatic N) is 1. The number of fused-ring (bicyclic) bond motifs is 1. The molecule has 3 rings (SSSR count). The number of nitrogens with two attached hydrogens (primary N) is 1. The highest BCUT2D eigenvalue weighted by Gasteiger charge is 2.42. The number of aliphatic carboxylic acids is 1. The van der Waals surface area contributed by atoms with Crippen LogP contribution in [0.4, 0.5) is 0 Å². The maximum atomic E-state index is 12.7. The first-order valence-corrected chi connectivity index (χ1v) is 10.9. The van der Waals surface area contributed by atoms with Gasteiger partial charge in [0.2, 0.25) is 11.8 Å². The Hall–Kier alpha value is -2.37. The second kappa shape index (κ2) is 9.90. The van der Waals surface area contributed by atoms with Crippen molar-refractivity contribution in [2.24, 2.45) is 17.6 Å². The molecule has 0 saturated heterocycles. The number of carbonyl (C=O) groups is 3. The van der Waals surface area contributed by atoms with E-state index in [0.29, 0.717) is 25.3 Å². The average Bonchev–Trinajstić information content (AvgIpc) is 3.48. The predicted octanol–water partition coefficient (Wildman–Crippen LogP) is 3.27. The number of primary amides is 1. The van der Waals surface area contributed by atoms with Crippen LogP contribution in [0.1, 0.15) is 68.9 Å². The van der Waals surface area contributed by atoms with Crippen LogP contribution >= 0.6 is 0 Å². The molecule has 0 aromatic heterocycles. The van der Waals surface area contributed by atoms with Gasteiger partial charge in [-0.25, -0.2) is 0 Å². The lowest BCUT2D eigenvalue weighted by molar-refractivity contribution is -0.140. The minimum Gasteiger partial charge on any atom is -0.481 e. The summed E-state index contributed by atoms with van der Waals surface area (Å²) >= 11 is 0. The van der Waals surface area contributed by atoms with Gasteiger partial charge in [-0.2, -0.15) is 0 Å². The van der Waals surface area contributed by atoms with E-state index in [4.69, 9.17) is 10.8 Å². The van der Waals surface area contributed by atoms with Gasteiger partial charge in [-0.05, 0) is 36.3 Å². The van der Waals surface area contributed by atoms with Crippen molar-refractivity contribution in [3.8, 4) is 0 Å². The largest absolute Gasteiger partial charge is 0.481 e. The topological polar surface area (TPSA) is 101 Å². The van der Waals surface area contributed by atoms with Gasteiger partial charge in [0.1, 0.15) is 6.04 Å². The summed E-state index contributed by atoms with van der Waals surface area (Å²) in [6, 6.07) is 7.36. The maximum absolute atomic E-state index is 12.7. The number of rotatable bonds is 11. The van der Waals surface area contributed by atoms with Crippen molar-refractivity contribution in [3.63, 3.8) is 0 Å². The van der Waals surface area contributed by atoms with Crippen LogP contribution in [0.5, 0.6) is 0 Å². The van der Waals surface area contributed by atoms with E-state index in [1.807, 2.05) is 24.3 Å². The monoisotopic (exact) mass is 400 g/mol. The van der Waals surface area contributed by atoms with E-state index in [1.165, 1.54) is 0 Å². The molecule has 29 heavy (non-hydrogen) atoms. The van der Waals surface area contributed by atoms with Gasteiger partial charge in [-0.3, -0.25) is 14.4 Å². The number of unbranched alkanes of at least 4 members (excludes halogenated alkanes) is 5. The number of hydrogen-bond acceptors (Lipinski definition) is 3. The number of benzene rings is 1. The Bertz CT molecular complexity index is 748. The van der Waals surface area contributed by atoms with Crippen LogP contribution < -0.4 is 5.73 Å². The third-order valence-electron chi connectivity index (χ3n) is 6.35. The van der Waals surface area contributed by atoms with E-state index in [1.54, 1.807) is 4.90 Å². The molecule has 0 bridgehead atoms. The van der Waals surface area contributed by atoms with Crippen LogP contribution in [0.15, 0.2) is 24.3 Å². The summed E-state index contributed by atoms with van der Waals surface area (Å²) in [5.74, 6) is -0.758. The lowest BCUT2D eigenvalue weighted by Gasteiger charge is -2.35. The molecule has 3 atom stereocenters. The summed E-state index contributed by atoms with van der Waals surface area (Å²) in [5.41, 5.74) is 7.76. The first-order chi connectivity index (χ1) is 14.0. The second-order valence-electron chi connectivity index (χ2n) is 8.51. The minimum atomic E-state index is -0.643. The first-order valence-electron chi connectivity index (χ1n) is 10.9.